The van der Waals surface area contributed by atoms with Crippen molar-refractivity contribution in [2.45, 2.75) is 6.42 Å². The van der Waals surface area contributed by atoms with E-state index in [9.17, 15) is 9.59 Å². The number of anilines is 1. The van der Waals surface area contributed by atoms with Gasteiger partial charge in [0.15, 0.2) is 0 Å². The van der Waals surface area contributed by atoms with Crippen molar-refractivity contribution in [3.8, 4) is 17.2 Å². The van der Waals surface area contributed by atoms with E-state index in [4.69, 9.17) is 14.2 Å². The first-order valence-corrected chi connectivity index (χ1v) is 8.03. The molecule has 0 heterocycles. The Bertz CT molecular complexity index is 819. The van der Waals surface area contributed by atoms with Gasteiger partial charge in [-0.1, -0.05) is 0 Å². The lowest BCUT2D eigenvalue weighted by atomic mass is 10.2. The Morgan fingerprint density at radius 1 is 0.926 bits per heavy atom. The zero-order chi connectivity index (χ0) is 19.6. The average molecular weight is 371 g/mol. The van der Waals surface area contributed by atoms with Crippen LogP contribution in [0.15, 0.2) is 47.6 Å². The summed E-state index contributed by atoms with van der Waals surface area (Å²) < 4.78 is 15.4. The first-order valence-electron chi connectivity index (χ1n) is 8.03. The quantitative estimate of drug-likeness (QED) is 0.421. The van der Waals surface area contributed by atoms with Crippen molar-refractivity contribution in [1.29, 1.82) is 0 Å². The van der Waals surface area contributed by atoms with Crippen LogP contribution in [-0.4, -0.2) is 39.4 Å². The normalized spacial score (nSPS) is 10.3. The highest BCUT2D eigenvalue weighted by Crippen LogP contribution is 2.22. The van der Waals surface area contributed by atoms with Crippen molar-refractivity contribution in [1.82, 2.24) is 5.43 Å². The molecule has 0 aliphatic heterocycles. The molecule has 0 unspecified atom stereocenters. The van der Waals surface area contributed by atoms with Gasteiger partial charge in [0.1, 0.15) is 23.7 Å². The van der Waals surface area contributed by atoms with Gasteiger partial charge >= 0.3 is 0 Å². The molecule has 0 aliphatic carbocycles. The molecule has 2 aromatic rings. The molecule has 8 nitrogen and oxygen atoms in total. The second kappa shape index (κ2) is 9.81. The van der Waals surface area contributed by atoms with E-state index in [1.807, 2.05) is 0 Å². The number of hydrogen-bond donors (Lipinski definition) is 2. The summed E-state index contributed by atoms with van der Waals surface area (Å²) >= 11 is 0. The molecule has 142 valence electrons. The van der Waals surface area contributed by atoms with Gasteiger partial charge in [-0.25, -0.2) is 5.43 Å². The van der Waals surface area contributed by atoms with E-state index in [0.29, 0.717) is 28.5 Å². The van der Waals surface area contributed by atoms with E-state index in [1.165, 1.54) is 13.3 Å². The molecule has 2 rings (SSSR count). The minimum absolute atomic E-state index is 0.362. The van der Waals surface area contributed by atoms with Crippen molar-refractivity contribution < 1.29 is 23.8 Å². The van der Waals surface area contributed by atoms with Crippen LogP contribution < -0.4 is 25.0 Å². The molecule has 2 aromatic carbocycles. The van der Waals surface area contributed by atoms with E-state index in [2.05, 4.69) is 15.8 Å². The number of hydrogen-bond acceptors (Lipinski definition) is 6. The van der Waals surface area contributed by atoms with Gasteiger partial charge in [-0.05, 0) is 42.5 Å². The number of carbonyl (C=O) groups is 2. The molecule has 0 atom stereocenters. The second-order valence-corrected chi connectivity index (χ2v) is 5.35. The lowest BCUT2D eigenvalue weighted by molar-refractivity contribution is -0.126. The van der Waals surface area contributed by atoms with Crippen molar-refractivity contribution >= 4 is 23.7 Å². The molecule has 0 aromatic heterocycles. The van der Waals surface area contributed by atoms with Crippen LogP contribution in [-0.2, 0) is 9.59 Å². The molecule has 0 aliphatic rings. The highest BCUT2D eigenvalue weighted by molar-refractivity contribution is 6.03. The van der Waals surface area contributed by atoms with Gasteiger partial charge < -0.3 is 19.5 Å². The Kier molecular flexibility index (Phi) is 7.18. The minimum atomic E-state index is -0.542. The lowest BCUT2D eigenvalue weighted by Crippen LogP contribution is -2.24. The van der Waals surface area contributed by atoms with Gasteiger partial charge in [0, 0.05) is 11.3 Å². The molecule has 0 bridgehead atoms. The zero-order valence-electron chi connectivity index (χ0n) is 15.3. The molecule has 2 amide bonds. The number of hydrazone groups is 1. The monoisotopic (exact) mass is 371 g/mol. The van der Waals surface area contributed by atoms with E-state index in [-0.39, 0.29) is 6.42 Å². The minimum Gasteiger partial charge on any atom is -0.497 e. The summed E-state index contributed by atoms with van der Waals surface area (Å²) in [5.41, 5.74) is 3.50. The first-order chi connectivity index (χ1) is 13.0. The SMILES string of the molecule is COc1ccc(NC(=O)CC(=O)NN=Cc2cc(OC)ccc2OC)cc1. The van der Waals surface area contributed by atoms with E-state index in [1.54, 1.807) is 56.7 Å². The van der Waals surface area contributed by atoms with Crippen LogP contribution in [0.5, 0.6) is 17.2 Å². The molecule has 0 spiro atoms. The van der Waals surface area contributed by atoms with Crippen LogP contribution >= 0.6 is 0 Å². The number of nitrogens with zero attached hydrogens (tertiary/aromatic N) is 1. The van der Waals surface area contributed by atoms with Crippen LogP contribution in [0, 0.1) is 0 Å². The van der Waals surface area contributed by atoms with Crippen LogP contribution in [0.1, 0.15) is 12.0 Å². The molecule has 0 saturated heterocycles. The topological polar surface area (TPSA) is 98.2 Å². The lowest BCUT2D eigenvalue weighted by Gasteiger charge is -2.07. The van der Waals surface area contributed by atoms with Gasteiger partial charge in [-0.15, -0.1) is 0 Å². The smallest absolute Gasteiger partial charge is 0.249 e. The van der Waals surface area contributed by atoms with Gasteiger partial charge in [-0.2, -0.15) is 5.10 Å². The molecule has 2 N–H and O–H groups in total. The zero-order valence-corrected chi connectivity index (χ0v) is 15.3. The molecular formula is C19H21N3O5. The first kappa shape index (κ1) is 19.8. The van der Waals surface area contributed by atoms with Crippen LogP contribution in [0.2, 0.25) is 0 Å². The largest absolute Gasteiger partial charge is 0.497 e. The van der Waals surface area contributed by atoms with E-state index in [0.717, 1.165) is 0 Å². The van der Waals surface area contributed by atoms with Crippen LogP contribution in [0.25, 0.3) is 0 Å². The molecular weight excluding hydrogens is 350 g/mol. The fraction of sp³-hybridized carbons (Fsp3) is 0.211. The van der Waals surface area contributed by atoms with Crippen molar-refractivity contribution in [2.24, 2.45) is 5.10 Å². The summed E-state index contributed by atoms with van der Waals surface area (Å²) in [6.45, 7) is 0. The number of nitrogens with one attached hydrogen (secondary N) is 2. The molecule has 0 saturated carbocycles. The maximum atomic E-state index is 11.9. The summed E-state index contributed by atoms with van der Waals surface area (Å²) in [5, 5.41) is 6.47. The maximum Gasteiger partial charge on any atom is 0.249 e. The highest BCUT2D eigenvalue weighted by Gasteiger charge is 2.09. The Morgan fingerprint density at radius 3 is 2.22 bits per heavy atom. The van der Waals surface area contributed by atoms with Gasteiger partial charge in [0.25, 0.3) is 0 Å². The highest BCUT2D eigenvalue weighted by atomic mass is 16.5. The Hall–Kier alpha value is -3.55. The summed E-state index contributed by atoms with van der Waals surface area (Å²) in [6.07, 6.45) is 1.05. The van der Waals surface area contributed by atoms with E-state index < -0.39 is 11.8 Å². The van der Waals surface area contributed by atoms with Crippen molar-refractivity contribution in [2.75, 3.05) is 26.6 Å². The molecule has 0 radical (unpaired) electrons. The fourth-order valence-corrected chi connectivity index (χ4v) is 2.18. The van der Waals surface area contributed by atoms with Crippen molar-refractivity contribution in [3.63, 3.8) is 0 Å². The predicted octanol–water partition coefficient (Wildman–Crippen LogP) is 2.19. The summed E-state index contributed by atoms with van der Waals surface area (Å²) in [6, 6.07) is 12.0. The summed E-state index contributed by atoms with van der Waals surface area (Å²) in [5.74, 6) is 0.882. The third-order valence-electron chi connectivity index (χ3n) is 3.52. The van der Waals surface area contributed by atoms with Crippen LogP contribution in [0.4, 0.5) is 5.69 Å². The number of benzene rings is 2. The number of ether oxygens (including phenoxy) is 3. The third-order valence-corrected chi connectivity index (χ3v) is 3.52. The predicted molar refractivity (Wildman–Crippen MR) is 102 cm³/mol. The number of amides is 2. The summed E-state index contributed by atoms with van der Waals surface area (Å²) in [4.78, 5) is 23.8. The average Bonchev–Trinajstić information content (AvgIpc) is 2.68. The Labute approximate surface area is 157 Å². The Morgan fingerprint density at radius 2 is 1.59 bits per heavy atom. The molecule has 27 heavy (non-hydrogen) atoms. The van der Waals surface area contributed by atoms with E-state index >= 15 is 0 Å². The number of rotatable bonds is 8. The number of methoxy groups -OCH3 is 3. The molecule has 8 heteroatoms. The fourth-order valence-electron chi connectivity index (χ4n) is 2.18. The number of carbonyl (C=O) groups excluding carboxylic acids is 2. The van der Waals surface area contributed by atoms with Gasteiger partial charge in [0.2, 0.25) is 11.8 Å². The molecule has 0 fully saturated rings. The standard InChI is InChI=1S/C19H21N3O5/c1-25-15-6-4-14(5-7-15)21-18(23)11-19(24)22-20-12-13-10-16(26-2)8-9-17(13)27-3/h4-10,12H,11H2,1-3H3,(H,21,23)(H,22,24). The second-order valence-electron chi connectivity index (χ2n) is 5.35. The van der Waals surface area contributed by atoms with Gasteiger partial charge in [-0.3, -0.25) is 9.59 Å². The Balaban J connectivity index is 1.88. The van der Waals surface area contributed by atoms with Crippen LogP contribution in [0.3, 0.4) is 0 Å². The van der Waals surface area contributed by atoms with Crippen molar-refractivity contribution in [3.05, 3.63) is 48.0 Å². The maximum absolute atomic E-state index is 11.9. The summed E-state index contributed by atoms with van der Waals surface area (Å²) in [7, 11) is 4.63. The third kappa shape index (κ3) is 6.03. The van der Waals surface area contributed by atoms with Gasteiger partial charge in [0.05, 0.1) is 27.5 Å².